The van der Waals surface area contributed by atoms with Crippen molar-refractivity contribution in [3.8, 4) is 22.6 Å². The van der Waals surface area contributed by atoms with Crippen molar-refractivity contribution < 1.29 is 19.0 Å². The number of carbonyl (C=O) groups is 1. The van der Waals surface area contributed by atoms with Crippen LogP contribution >= 0.6 is 0 Å². The van der Waals surface area contributed by atoms with Gasteiger partial charge in [-0.1, -0.05) is 18.2 Å². The van der Waals surface area contributed by atoms with E-state index in [1.807, 2.05) is 37.3 Å². The van der Waals surface area contributed by atoms with Crippen LogP contribution in [-0.4, -0.2) is 35.8 Å². The second kappa shape index (κ2) is 10.8. The molecule has 0 amide bonds. The molecule has 0 saturated heterocycles. The van der Waals surface area contributed by atoms with Gasteiger partial charge in [-0.05, 0) is 66.6 Å². The zero-order chi connectivity index (χ0) is 22.2. The number of carbonyl (C=O) groups excluding carboxylic acids is 1. The van der Waals surface area contributed by atoms with E-state index in [0.29, 0.717) is 26.2 Å². The van der Waals surface area contributed by atoms with Gasteiger partial charge in [-0.2, -0.15) is 0 Å². The number of esters is 1. The van der Waals surface area contributed by atoms with Crippen molar-refractivity contribution in [1.82, 2.24) is 9.97 Å². The molecule has 0 bridgehead atoms. The van der Waals surface area contributed by atoms with E-state index in [0.717, 1.165) is 41.9 Å². The molecule has 1 heterocycles. The minimum absolute atomic E-state index is 0.116. The van der Waals surface area contributed by atoms with Gasteiger partial charge in [0.2, 0.25) is 0 Å². The summed E-state index contributed by atoms with van der Waals surface area (Å²) in [6.07, 6.45) is 8.32. The van der Waals surface area contributed by atoms with Crippen molar-refractivity contribution in [2.24, 2.45) is 0 Å². The summed E-state index contributed by atoms with van der Waals surface area (Å²) in [4.78, 5) is 19.9. The quantitative estimate of drug-likeness (QED) is 0.333. The first-order chi connectivity index (χ1) is 15.7. The molecule has 6 heteroatoms. The van der Waals surface area contributed by atoms with E-state index in [9.17, 15) is 4.79 Å². The number of nitrogens with zero attached hydrogens (tertiary/aromatic N) is 2. The number of ether oxygens (including phenoxy) is 3. The topological polar surface area (TPSA) is 70.5 Å². The largest absolute Gasteiger partial charge is 0.493 e. The Morgan fingerprint density at radius 2 is 1.69 bits per heavy atom. The van der Waals surface area contributed by atoms with Crippen molar-refractivity contribution in [3.63, 3.8) is 0 Å². The third kappa shape index (κ3) is 5.63. The Morgan fingerprint density at radius 3 is 2.44 bits per heavy atom. The highest BCUT2D eigenvalue weighted by Crippen LogP contribution is 2.37. The van der Waals surface area contributed by atoms with Crippen LogP contribution in [0.15, 0.2) is 61.2 Å². The molecule has 0 saturated carbocycles. The number of hydrogen-bond donors (Lipinski definition) is 0. The average Bonchev–Trinajstić information content (AvgIpc) is 3.22. The molecule has 1 aliphatic carbocycles. The summed E-state index contributed by atoms with van der Waals surface area (Å²) >= 11 is 0. The molecule has 0 N–H and O–H groups in total. The maximum absolute atomic E-state index is 11.8. The van der Waals surface area contributed by atoms with Gasteiger partial charge in [0.1, 0.15) is 17.8 Å². The lowest BCUT2D eigenvalue weighted by molar-refractivity contribution is -0.143. The third-order valence-corrected chi connectivity index (χ3v) is 5.61. The molecule has 32 heavy (non-hydrogen) atoms. The van der Waals surface area contributed by atoms with E-state index >= 15 is 0 Å². The van der Waals surface area contributed by atoms with Gasteiger partial charge in [-0.3, -0.25) is 4.79 Å². The summed E-state index contributed by atoms with van der Waals surface area (Å²) in [5, 5.41) is 0. The van der Waals surface area contributed by atoms with Crippen LogP contribution in [0.4, 0.5) is 0 Å². The van der Waals surface area contributed by atoms with Crippen LogP contribution in [0.25, 0.3) is 11.1 Å². The molecule has 1 aliphatic rings. The van der Waals surface area contributed by atoms with Crippen molar-refractivity contribution >= 4 is 5.97 Å². The number of benzene rings is 2. The Bertz CT molecular complexity index is 1020. The molecule has 6 nitrogen and oxygen atoms in total. The predicted molar refractivity (Wildman–Crippen MR) is 122 cm³/mol. The Labute approximate surface area is 188 Å². The summed E-state index contributed by atoms with van der Waals surface area (Å²) in [5.41, 5.74) is 4.56. The fraction of sp³-hybridized carbons (Fsp3) is 0.346. The lowest BCUT2D eigenvalue weighted by Crippen LogP contribution is -2.08. The minimum atomic E-state index is -0.116. The zero-order valence-electron chi connectivity index (χ0n) is 18.3. The molecule has 2 aromatic carbocycles. The van der Waals surface area contributed by atoms with Crippen LogP contribution in [0.3, 0.4) is 0 Å². The molecular weight excluding hydrogens is 404 g/mol. The fourth-order valence-electron chi connectivity index (χ4n) is 4.04. The van der Waals surface area contributed by atoms with E-state index in [4.69, 9.17) is 14.2 Å². The van der Waals surface area contributed by atoms with Crippen molar-refractivity contribution in [2.45, 2.75) is 38.5 Å². The molecule has 3 aromatic rings. The standard InChI is InChI=1S/C26H28N2O4/c1-2-30-26(29)15-21-5-4-20-14-24(10-11-25(20)21)32-13-3-12-31-23-8-6-19(7-9-23)22-16-27-18-28-17-22/h6-11,14,16-18,21H,2-5,12-13,15H2,1H3/t21-/m0/s1. The van der Waals surface area contributed by atoms with Crippen molar-refractivity contribution in [2.75, 3.05) is 19.8 Å². The van der Waals surface area contributed by atoms with Gasteiger partial charge in [-0.15, -0.1) is 0 Å². The number of aryl methyl sites for hydroxylation is 1. The second-order valence-corrected chi connectivity index (χ2v) is 7.81. The first kappa shape index (κ1) is 21.8. The van der Waals surface area contributed by atoms with Gasteiger partial charge in [0.15, 0.2) is 0 Å². The SMILES string of the molecule is CCOC(=O)C[C@@H]1CCc2cc(OCCCOc3ccc(-c4cncnc4)cc3)ccc21. The van der Waals surface area contributed by atoms with E-state index in [-0.39, 0.29) is 11.9 Å². The van der Waals surface area contributed by atoms with Crippen LogP contribution in [0, 0.1) is 0 Å². The molecule has 1 aromatic heterocycles. The van der Waals surface area contributed by atoms with Gasteiger partial charge in [0.25, 0.3) is 0 Å². The molecule has 166 valence electrons. The summed E-state index contributed by atoms with van der Waals surface area (Å²) in [5.74, 6) is 1.84. The van der Waals surface area contributed by atoms with Crippen LogP contribution in [0.1, 0.15) is 43.2 Å². The van der Waals surface area contributed by atoms with E-state index < -0.39 is 0 Å². The van der Waals surface area contributed by atoms with E-state index in [2.05, 4.69) is 22.1 Å². The monoisotopic (exact) mass is 432 g/mol. The summed E-state index contributed by atoms with van der Waals surface area (Å²) < 4.78 is 16.8. The Morgan fingerprint density at radius 1 is 0.969 bits per heavy atom. The van der Waals surface area contributed by atoms with Gasteiger partial charge in [0, 0.05) is 24.4 Å². The summed E-state index contributed by atoms with van der Waals surface area (Å²) in [7, 11) is 0. The normalized spacial score (nSPS) is 14.6. The Hall–Kier alpha value is -3.41. The van der Waals surface area contributed by atoms with Gasteiger partial charge >= 0.3 is 5.97 Å². The van der Waals surface area contributed by atoms with E-state index in [1.54, 1.807) is 12.4 Å². The number of rotatable bonds is 10. The van der Waals surface area contributed by atoms with E-state index in [1.165, 1.54) is 17.5 Å². The fourth-order valence-corrected chi connectivity index (χ4v) is 4.04. The average molecular weight is 433 g/mol. The number of aromatic nitrogens is 2. The number of hydrogen-bond acceptors (Lipinski definition) is 6. The highest BCUT2D eigenvalue weighted by atomic mass is 16.5. The summed E-state index contributed by atoms with van der Waals surface area (Å²) in [6.45, 7) is 3.45. The first-order valence-electron chi connectivity index (χ1n) is 11.1. The maximum atomic E-state index is 11.8. The third-order valence-electron chi connectivity index (χ3n) is 5.61. The van der Waals surface area contributed by atoms with Crippen molar-refractivity contribution in [3.05, 3.63) is 72.3 Å². The van der Waals surface area contributed by atoms with Crippen LogP contribution in [0.2, 0.25) is 0 Å². The molecule has 0 fully saturated rings. The Kier molecular flexibility index (Phi) is 7.33. The molecule has 1 atom stereocenters. The van der Waals surface area contributed by atoms with Crippen molar-refractivity contribution in [1.29, 1.82) is 0 Å². The Balaban J connectivity index is 1.20. The maximum Gasteiger partial charge on any atom is 0.306 e. The van der Waals surface area contributed by atoms with Crippen LogP contribution in [0.5, 0.6) is 11.5 Å². The molecule has 0 unspecified atom stereocenters. The molecule has 4 rings (SSSR count). The van der Waals surface area contributed by atoms with Crippen LogP contribution < -0.4 is 9.47 Å². The lowest BCUT2D eigenvalue weighted by Gasteiger charge is -2.12. The number of fused-ring (bicyclic) bond motifs is 1. The van der Waals surface area contributed by atoms with Gasteiger partial charge in [-0.25, -0.2) is 9.97 Å². The molecule has 0 aliphatic heterocycles. The molecule has 0 spiro atoms. The smallest absolute Gasteiger partial charge is 0.306 e. The van der Waals surface area contributed by atoms with Crippen LogP contribution in [-0.2, 0) is 16.0 Å². The highest BCUT2D eigenvalue weighted by molar-refractivity contribution is 5.71. The predicted octanol–water partition coefficient (Wildman–Crippen LogP) is 4.97. The summed E-state index contributed by atoms with van der Waals surface area (Å²) in [6, 6.07) is 14.1. The van der Waals surface area contributed by atoms with Gasteiger partial charge in [0.05, 0.1) is 26.2 Å². The molecule has 0 radical (unpaired) electrons. The lowest BCUT2D eigenvalue weighted by atomic mass is 9.98. The molecular formula is C26H28N2O4. The van der Waals surface area contributed by atoms with Gasteiger partial charge < -0.3 is 14.2 Å². The zero-order valence-corrected chi connectivity index (χ0v) is 18.3. The highest BCUT2D eigenvalue weighted by Gasteiger charge is 2.25. The minimum Gasteiger partial charge on any atom is -0.493 e. The second-order valence-electron chi connectivity index (χ2n) is 7.81. The first-order valence-corrected chi connectivity index (χ1v) is 11.1.